The van der Waals surface area contributed by atoms with Crippen molar-refractivity contribution in [2.75, 3.05) is 0 Å². The van der Waals surface area contributed by atoms with Crippen LogP contribution in [0.15, 0.2) is 28.8 Å². The van der Waals surface area contributed by atoms with Crippen molar-refractivity contribution in [2.24, 2.45) is 0 Å². The Bertz CT molecular complexity index is 583. The Balaban J connectivity index is 2.14. The standard InChI is InChI=1S/C15H18Cl2N2O/c1-4-14(11-5-6-12(16)13(17)7-11)19-10(3)15-18-8-9(2)20-15/h5-8,10,14,19H,4H2,1-3H3. The number of aromatic nitrogens is 1. The molecule has 0 fully saturated rings. The molecule has 2 unspecified atom stereocenters. The van der Waals surface area contributed by atoms with Crippen LogP contribution >= 0.6 is 23.2 Å². The topological polar surface area (TPSA) is 38.1 Å². The Kier molecular flexibility index (Phi) is 5.08. The van der Waals surface area contributed by atoms with Gasteiger partial charge in [-0.25, -0.2) is 4.98 Å². The monoisotopic (exact) mass is 312 g/mol. The zero-order valence-corrected chi connectivity index (χ0v) is 13.3. The van der Waals surface area contributed by atoms with Crippen molar-refractivity contribution >= 4 is 23.2 Å². The Morgan fingerprint density at radius 3 is 2.60 bits per heavy atom. The van der Waals surface area contributed by atoms with Crippen molar-refractivity contribution in [3.05, 3.63) is 51.7 Å². The summed E-state index contributed by atoms with van der Waals surface area (Å²) in [4.78, 5) is 4.25. The molecule has 2 aromatic rings. The van der Waals surface area contributed by atoms with Crippen molar-refractivity contribution in [1.82, 2.24) is 10.3 Å². The molecule has 0 aliphatic heterocycles. The van der Waals surface area contributed by atoms with Crippen LogP contribution in [-0.2, 0) is 0 Å². The van der Waals surface area contributed by atoms with Crippen LogP contribution in [0.25, 0.3) is 0 Å². The molecular weight excluding hydrogens is 295 g/mol. The lowest BCUT2D eigenvalue weighted by molar-refractivity contribution is 0.367. The van der Waals surface area contributed by atoms with E-state index in [2.05, 4.69) is 17.2 Å². The molecule has 0 spiro atoms. The molecule has 5 heteroatoms. The summed E-state index contributed by atoms with van der Waals surface area (Å²) in [7, 11) is 0. The minimum absolute atomic E-state index is 0.0307. The van der Waals surface area contributed by atoms with Gasteiger partial charge in [0.25, 0.3) is 0 Å². The molecule has 2 atom stereocenters. The highest BCUT2D eigenvalue weighted by atomic mass is 35.5. The first-order chi connectivity index (χ1) is 9.51. The largest absolute Gasteiger partial charge is 0.444 e. The number of benzene rings is 1. The van der Waals surface area contributed by atoms with E-state index in [-0.39, 0.29) is 12.1 Å². The number of hydrogen-bond acceptors (Lipinski definition) is 3. The maximum Gasteiger partial charge on any atom is 0.211 e. The van der Waals surface area contributed by atoms with E-state index < -0.39 is 0 Å². The normalized spacial score (nSPS) is 14.2. The Morgan fingerprint density at radius 2 is 2.05 bits per heavy atom. The first-order valence-corrected chi connectivity index (χ1v) is 7.40. The van der Waals surface area contributed by atoms with Gasteiger partial charge in [-0.1, -0.05) is 36.2 Å². The molecule has 0 amide bonds. The van der Waals surface area contributed by atoms with Crippen LogP contribution < -0.4 is 5.32 Å². The average molecular weight is 313 g/mol. The molecule has 1 aromatic carbocycles. The van der Waals surface area contributed by atoms with E-state index in [1.54, 1.807) is 6.20 Å². The fourth-order valence-electron chi connectivity index (χ4n) is 2.12. The molecular formula is C15H18Cl2N2O. The summed E-state index contributed by atoms with van der Waals surface area (Å²) in [6.45, 7) is 6.04. The van der Waals surface area contributed by atoms with E-state index in [9.17, 15) is 0 Å². The summed E-state index contributed by atoms with van der Waals surface area (Å²) >= 11 is 12.0. The van der Waals surface area contributed by atoms with Crippen LogP contribution in [0.1, 0.15) is 49.6 Å². The number of aryl methyl sites for hydroxylation is 1. The summed E-state index contributed by atoms with van der Waals surface area (Å²) < 4.78 is 5.55. The van der Waals surface area contributed by atoms with Gasteiger partial charge in [-0.3, -0.25) is 5.32 Å². The Labute approximate surface area is 129 Å². The summed E-state index contributed by atoms with van der Waals surface area (Å²) in [5, 5.41) is 4.65. The molecule has 3 nitrogen and oxygen atoms in total. The van der Waals surface area contributed by atoms with Crippen LogP contribution in [0.2, 0.25) is 10.0 Å². The van der Waals surface area contributed by atoms with E-state index in [1.165, 1.54) is 0 Å². The first-order valence-electron chi connectivity index (χ1n) is 6.64. The lowest BCUT2D eigenvalue weighted by Gasteiger charge is -2.21. The molecule has 2 rings (SSSR count). The van der Waals surface area contributed by atoms with Gasteiger partial charge in [-0.2, -0.15) is 0 Å². The molecule has 1 N–H and O–H groups in total. The summed E-state index contributed by atoms with van der Waals surface area (Å²) in [5.41, 5.74) is 1.11. The fraction of sp³-hybridized carbons (Fsp3) is 0.400. The van der Waals surface area contributed by atoms with Gasteiger partial charge in [-0.15, -0.1) is 0 Å². The Morgan fingerprint density at radius 1 is 1.30 bits per heavy atom. The maximum atomic E-state index is 6.08. The third-order valence-corrected chi connectivity index (χ3v) is 3.95. The number of halogens is 2. The van der Waals surface area contributed by atoms with Crippen molar-refractivity contribution in [2.45, 2.75) is 39.3 Å². The molecule has 0 bridgehead atoms. The predicted octanol–water partition coefficient (Wildman–Crippen LogP) is 5.09. The van der Waals surface area contributed by atoms with Gasteiger partial charge in [0.05, 0.1) is 22.3 Å². The zero-order valence-electron chi connectivity index (χ0n) is 11.8. The van der Waals surface area contributed by atoms with E-state index in [1.807, 2.05) is 32.0 Å². The van der Waals surface area contributed by atoms with Gasteiger partial charge < -0.3 is 4.42 Å². The molecule has 20 heavy (non-hydrogen) atoms. The predicted molar refractivity (Wildman–Crippen MR) is 82.3 cm³/mol. The van der Waals surface area contributed by atoms with Crippen LogP contribution in [0, 0.1) is 6.92 Å². The minimum Gasteiger partial charge on any atom is -0.444 e. The second kappa shape index (κ2) is 6.61. The van der Waals surface area contributed by atoms with Crippen LogP contribution in [0.3, 0.4) is 0 Å². The third kappa shape index (κ3) is 3.54. The molecule has 0 aliphatic rings. The molecule has 108 valence electrons. The SMILES string of the molecule is CCC(NC(C)c1ncc(C)o1)c1ccc(Cl)c(Cl)c1. The highest BCUT2D eigenvalue weighted by Crippen LogP contribution is 2.28. The molecule has 1 aromatic heterocycles. The van der Waals surface area contributed by atoms with Gasteiger partial charge in [0, 0.05) is 6.04 Å². The molecule has 0 saturated heterocycles. The highest BCUT2D eigenvalue weighted by molar-refractivity contribution is 6.42. The van der Waals surface area contributed by atoms with Gasteiger partial charge in [0.15, 0.2) is 0 Å². The summed E-state index contributed by atoms with van der Waals surface area (Å²) in [5.74, 6) is 1.51. The van der Waals surface area contributed by atoms with E-state index in [0.717, 1.165) is 17.7 Å². The number of nitrogens with zero attached hydrogens (tertiary/aromatic N) is 1. The number of nitrogens with one attached hydrogen (secondary N) is 1. The van der Waals surface area contributed by atoms with E-state index in [4.69, 9.17) is 27.6 Å². The Hall–Kier alpha value is -1.03. The summed E-state index contributed by atoms with van der Waals surface area (Å²) in [6.07, 6.45) is 2.66. The molecule has 0 aliphatic carbocycles. The smallest absolute Gasteiger partial charge is 0.211 e. The number of hydrogen-bond donors (Lipinski definition) is 1. The average Bonchev–Trinajstić information content (AvgIpc) is 2.86. The second-order valence-corrected chi connectivity index (χ2v) is 5.65. The lowest BCUT2D eigenvalue weighted by Crippen LogP contribution is -2.24. The first kappa shape index (κ1) is 15.4. The van der Waals surface area contributed by atoms with Crippen molar-refractivity contribution < 1.29 is 4.42 Å². The van der Waals surface area contributed by atoms with Gasteiger partial charge in [-0.05, 0) is 38.0 Å². The quantitative estimate of drug-likeness (QED) is 0.835. The van der Waals surface area contributed by atoms with Gasteiger partial charge >= 0.3 is 0 Å². The van der Waals surface area contributed by atoms with Crippen LogP contribution in [-0.4, -0.2) is 4.98 Å². The molecule has 1 heterocycles. The van der Waals surface area contributed by atoms with E-state index in [0.29, 0.717) is 15.9 Å². The zero-order chi connectivity index (χ0) is 14.7. The summed E-state index contributed by atoms with van der Waals surface area (Å²) in [6, 6.07) is 5.92. The van der Waals surface area contributed by atoms with Crippen molar-refractivity contribution in [3.63, 3.8) is 0 Å². The van der Waals surface area contributed by atoms with Gasteiger partial charge in [0.2, 0.25) is 5.89 Å². The van der Waals surface area contributed by atoms with Crippen molar-refractivity contribution in [3.8, 4) is 0 Å². The van der Waals surface area contributed by atoms with Crippen molar-refractivity contribution in [1.29, 1.82) is 0 Å². The maximum absolute atomic E-state index is 6.08. The van der Waals surface area contributed by atoms with Gasteiger partial charge in [0.1, 0.15) is 5.76 Å². The molecule has 0 radical (unpaired) electrons. The van der Waals surface area contributed by atoms with Crippen LogP contribution in [0.4, 0.5) is 0 Å². The van der Waals surface area contributed by atoms with Crippen LogP contribution in [0.5, 0.6) is 0 Å². The van der Waals surface area contributed by atoms with E-state index >= 15 is 0 Å². The fourth-order valence-corrected chi connectivity index (χ4v) is 2.43. The minimum atomic E-state index is 0.0307. The lowest BCUT2D eigenvalue weighted by atomic mass is 10.0. The highest BCUT2D eigenvalue weighted by Gasteiger charge is 2.17. The third-order valence-electron chi connectivity index (χ3n) is 3.22. The molecule has 0 saturated carbocycles. The number of oxazole rings is 1. The number of rotatable bonds is 5. The second-order valence-electron chi connectivity index (χ2n) is 4.83.